The lowest BCUT2D eigenvalue weighted by molar-refractivity contribution is 0.401. The second-order valence-electron chi connectivity index (χ2n) is 9.97. The highest BCUT2D eigenvalue weighted by Gasteiger charge is 2.28. The Morgan fingerprint density at radius 3 is 2.68 bits per heavy atom. The Bertz CT molecular complexity index is 1730. The first kappa shape index (κ1) is 23.6. The van der Waals surface area contributed by atoms with Gasteiger partial charge in [0.15, 0.2) is 9.84 Å². The van der Waals surface area contributed by atoms with E-state index in [-0.39, 0.29) is 11.7 Å². The topological polar surface area (TPSA) is 80.1 Å². The summed E-state index contributed by atoms with van der Waals surface area (Å²) >= 11 is 0. The van der Waals surface area contributed by atoms with E-state index in [4.69, 9.17) is 0 Å². The summed E-state index contributed by atoms with van der Waals surface area (Å²) in [5.41, 5.74) is 5.96. The van der Waals surface area contributed by atoms with Gasteiger partial charge >= 0.3 is 0 Å². The lowest BCUT2D eigenvalue weighted by atomic mass is 10.0. The van der Waals surface area contributed by atoms with Gasteiger partial charge in [-0.3, -0.25) is 9.97 Å². The Morgan fingerprint density at radius 1 is 1.00 bits per heavy atom. The molecule has 0 amide bonds. The van der Waals surface area contributed by atoms with E-state index in [1.54, 1.807) is 24.5 Å². The standard InChI is InChI=1S/C29H29N5O2S/c1-33-13-9-20(18-33)19-37(35,36)28-6-4-3-5-25(28)32-23-16-24(29-26(17-23)30-11-12-31-29)22-8-7-21-10-14-34(2)27(21)15-22/h3-8,10-12,14-17,20,32H,9,13,18-19H2,1-2H3. The van der Waals surface area contributed by atoms with Gasteiger partial charge in [0.1, 0.15) is 0 Å². The Hall–Kier alpha value is -3.75. The fourth-order valence-corrected chi connectivity index (χ4v) is 7.17. The predicted molar refractivity (Wildman–Crippen MR) is 149 cm³/mol. The molecular formula is C29H29N5O2S. The molecule has 1 fully saturated rings. The fraction of sp³-hybridized carbons (Fsp3) is 0.241. The molecule has 0 saturated carbocycles. The van der Waals surface area contributed by atoms with Crippen molar-refractivity contribution in [1.29, 1.82) is 0 Å². The highest BCUT2D eigenvalue weighted by Crippen LogP contribution is 2.35. The molecule has 1 aliphatic heterocycles. The number of sulfone groups is 1. The first-order valence-electron chi connectivity index (χ1n) is 12.4. The van der Waals surface area contributed by atoms with Gasteiger partial charge in [-0.05, 0) is 73.3 Å². The van der Waals surface area contributed by atoms with E-state index < -0.39 is 9.84 Å². The molecule has 2 aromatic heterocycles. The molecule has 3 aromatic carbocycles. The number of likely N-dealkylation sites (tertiary alicyclic amines) is 1. The van der Waals surface area contributed by atoms with Crippen LogP contribution in [0, 0.1) is 5.92 Å². The number of nitrogens with zero attached hydrogens (tertiary/aromatic N) is 4. The maximum Gasteiger partial charge on any atom is 0.180 e. The van der Waals surface area contributed by atoms with E-state index in [9.17, 15) is 8.42 Å². The molecule has 188 valence electrons. The zero-order chi connectivity index (χ0) is 25.6. The van der Waals surface area contributed by atoms with Gasteiger partial charge < -0.3 is 14.8 Å². The molecule has 0 radical (unpaired) electrons. The minimum atomic E-state index is -3.47. The van der Waals surface area contributed by atoms with Crippen LogP contribution in [0.15, 0.2) is 84.1 Å². The molecule has 7 nitrogen and oxygen atoms in total. The van der Waals surface area contributed by atoms with Crippen molar-refractivity contribution < 1.29 is 8.42 Å². The summed E-state index contributed by atoms with van der Waals surface area (Å²) in [4.78, 5) is 11.7. The average Bonchev–Trinajstić information content (AvgIpc) is 3.47. The number of nitrogens with one attached hydrogen (secondary N) is 1. The van der Waals surface area contributed by atoms with Crippen molar-refractivity contribution >= 4 is 43.1 Å². The largest absolute Gasteiger partial charge is 0.354 e. The highest BCUT2D eigenvalue weighted by molar-refractivity contribution is 7.91. The van der Waals surface area contributed by atoms with Crippen molar-refractivity contribution in [3.63, 3.8) is 0 Å². The number of aryl methyl sites for hydroxylation is 1. The summed E-state index contributed by atoms with van der Waals surface area (Å²) in [6, 6.07) is 19.5. The third-order valence-corrected chi connectivity index (χ3v) is 9.15. The maximum absolute atomic E-state index is 13.5. The molecule has 1 atom stereocenters. The fourth-order valence-electron chi connectivity index (χ4n) is 5.36. The zero-order valence-electron chi connectivity index (χ0n) is 20.9. The van der Waals surface area contributed by atoms with Crippen molar-refractivity contribution in [1.82, 2.24) is 19.4 Å². The van der Waals surface area contributed by atoms with Crippen LogP contribution in [0.5, 0.6) is 0 Å². The molecule has 1 N–H and O–H groups in total. The highest BCUT2D eigenvalue weighted by atomic mass is 32.2. The molecular weight excluding hydrogens is 482 g/mol. The monoisotopic (exact) mass is 511 g/mol. The van der Waals surface area contributed by atoms with Crippen molar-refractivity contribution in [2.24, 2.45) is 13.0 Å². The summed E-state index contributed by atoms with van der Waals surface area (Å²) in [6.07, 6.45) is 6.32. The van der Waals surface area contributed by atoms with Crippen LogP contribution in [-0.4, -0.2) is 53.7 Å². The van der Waals surface area contributed by atoms with Crippen LogP contribution < -0.4 is 5.32 Å². The van der Waals surface area contributed by atoms with Gasteiger partial charge in [0.05, 0.1) is 27.4 Å². The van der Waals surface area contributed by atoms with Crippen LogP contribution in [0.25, 0.3) is 33.1 Å². The smallest absolute Gasteiger partial charge is 0.180 e. The van der Waals surface area contributed by atoms with Crippen LogP contribution in [-0.2, 0) is 16.9 Å². The Morgan fingerprint density at radius 2 is 1.84 bits per heavy atom. The first-order chi connectivity index (χ1) is 17.9. The number of fused-ring (bicyclic) bond motifs is 2. The number of para-hydroxylation sites is 1. The molecule has 37 heavy (non-hydrogen) atoms. The van der Waals surface area contributed by atoms with Gasteiger partial charge in [-0.2, -0.15) is 0 Å². The number of hydrogen-bond acceptors (Lipinski definition) is 6. The number of rotatable bonds is 6. The first-order valence-corrected chi connectivity index (χ1v) is 14.1. The second kappa shape index (κ2) is 9.28. The summed E-state index contributed by atoms with van der Waals surface area (Å²) in [7, 11) is 0.605. The van der Waals surface area contributed by atoms with E-state index in [2.05, 4.69) is 49.0 Å². The zero-order valence-corrected chi connectivity index (χ0v) is 21.7. The molecule has 8 heteroatoms. The minimum Gasteiger partial charge on any atom is -0.354 e. The molecule has 1 unspecified atom stereocenters. The van der Waals surface area contributed by atoms with Gasteiger partial charge in [0.2, 0.25) is 0 Å². The molecule has 0 aliphatic carbocycles. The van der Waals surface area contributed by atoms with E-state index >= 15 is 0 Å². The average molecular weight is 512 g/mol. The van der Waals surface area contributed by atoms with Crippen LogP contribution in [0.2, 0.25) is 0 Å². The Labute approximate surface area is 216 Å². The molecule has 1 saturated heterocycles. The van der Waals surface area contributed by atoms with Gasteiger partial charge in [-0.1, -0.05) is 24.3 Å². The molecule has 0 spiro atoms. The van der Waals surface area contributed by atoms with Gasteiger partial charge in [0, 0.05) is 49.0 Å². The number of aromatic nitrogens is 3. The van der Waals surface area contributed by atoms with Crippen molar-refractivity contribution in [3.8, 4) is 11.1 Å². The van der Waals surface area contributed by atoms with E-state index in [0.717, 1.165) is 52.9 Å². The third kappa shape index (κ3) is 4.58. The summed E-state index contributed by atoms with van der Waals surface area (Å²) in [5, 5.41) is 4.57. The normalized spacial score (nSPS) is 16.5. The number of anilines is 2. The van der Waals surface area contributed by atoms with Crippen LogP contribution >= 0.6 is 0 Å². The van der Waals surface area contributed by atoms with Crippen molar-refractivity contribution in [2.75, 3.05) is 31.2 Å². The molecule has 6 rings (SSSR count). The second-order valence-corrected chi connectivity index (χ2v) is 12.0. The van der Waals surface area contributed by atoms with Crippen molar-refractivity contribution in [2.45, 2.75) is 11.3 Å². The quantitative estimate of drug-likeness (QED) is 0.335. The number of hydrogen-bond donors (Lipinski definition) is 1. The SMILES string of the molecule is CN1CCC(CS(=O)(=O)c2ccccc2Nc2cc(-c3ccc4ccn(C)c4c3)c3nccnc3c2)C1. The van der Waals surface area contributed by atoms with E-state index in [1.807, 2.05) is 44.6 Å². The third-order valence-electron chi connectivity index (χ3n) is 7.22. The van der Waals surface area contributed by atoms with Gasteiger partial charge in [-0.15, -0.1) is 0 Å². The van der Waals surface area contributed by atoms with Crippen LogP contribution in [0.3, 0.4) is 0 Å². The minimum absolute atomic E-state index is 0.151. The Balaban J connectivity index is 1.40. The Kier molecular flexibility index (Phi) is 5.93. The summed E-state index contributed by atoms with van der Waals surface area (Å²) in [5.74, 6) is 0.305. The van der Waals surface area contributed by atoms with Crippen molar-refractivity contribution in [3.05, 3.63) is 79.3 Å². The number of benzene rings is 3. The molecule has 5 aromatic rings. The molecule has 1 aliphatic rings. The lowest BCUT2D eigenvalue weighted by Gasteiger charge is -2.16. The van der Waals surface area contributed by atoms with Gasteiger partial charge in [-0.25, -0.2) is 8.42 Å². The maximum atomic E-state index is 13.5. The van der Waals surface area contributed by atoms with E-state index in [0.29, 0.717) is 10.6 Å². The summed E-state index contributed by atoms with van der Waals surface area (Å²) < 4.78 is 29.0. The van der Waals surface area contributed by atoms with Crippen LogP contribution in [0.1, 0.15) is 6.42 Å². The lowest BCUT2D eigenvalue weighted by Crippen LogP contribution is -2.20. The molecule has 3 heterocycles. The predicted octanol–water partition coefficient (Wildman–Crippen LogP) is 5.26. The van der Waals surface area contributed by atoms with Gasteiger partial charge in [0.25, 0.3) is 0 Å². The molecule has 0 bridgehead atoms. The van der Waals surface area contributed by atoms with Crippen LogP contribution in [0.4, 0.5) is 11.4 Å². The van der Waals surface area contributed by atoms with E-state index in [1.165, 1.54) is 5.39 Å². The summed E-state index contributed by atoms with van der Waals surface area (Å²) in [6.45, 7) is 1.75.